The molecule has 0 unspecified atom stereocenters. The number of halogens is 1. The Labute approximate surface area is 138 Å². The molecule has 0 bridgehead atoms. The van der Waals surface area contributed by atoms with Gasteiger partial charge < -0.3 is 14.7 Å². The van der Waals surface area contributed by atoms with E-state index in [0.717, 1.165) is 11.3 Å². The zero-order valence-corrected chi connectivity index (χ0v) is 14.1. The second-order valence-electron chi connectivity index (χ2n) is 5.19. The van der Waals surface area contributed by atoms with E-state index < -0.39 is 0 Å². The molecular weight excluding hydrogens is 377 g/mol. The van der Waals surface area contributed by atoms with Crippen LogP contribution in [0.3, 0.4) is 0 Å². The fourth-order valence-corrected chi connectivity index (χ4v) is 3.19. The number of hydrogen-bond acceptors (Lipinski definition) is 3. The second-order valence-corrected chi connectivity index (χ2v) is 6.49. The summed E-state index contributed by atoms with van der Waals surface area (Å²) >= 11 is 2.33. The predicted octanol–water partition coefficient (Wildman–Crippen LogP) is 4.05. The molecule has 0 atom stereocenters. The van der Waals surface area contributed by atoms with Crippen LogP contribution in [-0.2, 0) is 0 Å². The lowest BCUT2D eigenvalue weighted by Crippen LogP contribution is -2.10. The monoisotopic (exact) mass is 393 g/mol. The van der Waals surface area contributed by atoms with Gasteiger partial charge in [-0.05, 0) is 52.4 Å². The Balaban J connectivity index is 2.08. The Kier molecular flexibility index (Phi) is 3.80. The van der Waals surface area contributed by atoms with Crippen molar-refractivity contribution in [3.05, 3.63) is 57.2 Å². The van der Waals surface area contributed by atoms with E-state index in [1.54, 1.807) is 12.1 Å². The van der Waals surface area contributed by atoms with Crippen molar-refractivity contribution in [1.29, 1.82) is 0 Å². The molecule has 21 heavy (non-hydrogen) atoms. The number of rotatable bonds is 2. The largest absolute Gasteiger partial charge is 0.508 e. The smallest absolute Gasteiger partial charge is 0.131 e. The highest BCUT2D eigenvalue weighted by Gasteiger charge is 2.20. The van der Waals surface area contributed by atoms with Crippen molar-refractivity contribution in [3.63, 3.8) is 0 Å². The van der Waals surface area contributed by atoms with Crippen molar-refractivity contribution in [3.8, 4) is 11.5 Å². The van der Waals surface area contributed by atoms with Gasteiger partial charge in [-0.15, -0.1) is 0 Å². The lowest BCUT2D eigenvalue weighted by molar-refractivity contribution is 0.353. The maximum absolute atomic E-state index is 9.60. The summed E-state index contributed by atoms with van der Waals surface area (Å²) in [7, 11) is 4.06. The third kappa shape index (κ3) is 2.72. The minimum Gasteiger partial charge on any atom is -0.508 e. The average Bonchev–Trinajstić information content (AvgIpc) is 2.47. The summed E-state index contributed by atoms with van der Waals surface area (Å²) in [5.41, 5.74) is 4.55. The summed E-state index contributed by atoms with van der Waals surface area (Å²) in [6.07, 6.45) is 0. The standard InChI is InChI=1S/C17H16INO2/c1-19(2)12-5-3-11(4-6-12)17-14-8-7-13(20)9-16(14)21-10-15(17)18/h3-9,20H,10H2,1-2H3. The molecule has 0 fully saturated rings. The molecule has 4 heteroatoms. The van der Waals surface area contributed by atoms with E-state index >= 15 is 0 Å². The van der Waals surface area contributed by atoms with E-state index in [1.165, 1.54) is 20.4 Å². The molecule has 1 heterocycles. The summed E-state index contributed by atoms with van der Waals surface area (Å²) in [6, 6.07) is 13.8. The van der Waals surface area contributed by atoms with Gasteiger partial charge >= 0.3 is 0 Å². The molecule has 0 radical (unpaired) electrons. The van der Waals surface area contributed by atoms with E-state index in [2.05, 4.69) is 51.8 Å². The molecule has 0 saturated carbocycles. The van der Waals surface area contributed by atoms with Crippen molar-refractivity contribution in [1.82, 2.24) is 0 Å². The number of hydrogen-bond donors (Lipinski definition) is 1. The molecule has 1 N–H and O–H groups in total. The maximum Gasteiger partial charge on any atom is 0.131 e. The molecule has 3 nitrogen and oxygen atoms in total. The molecule has 2 aromatic carbocycles. The van der Waals surface area contributed by atoms with Gasteiger partial charge in [0.05, 0.1) is 0 Å². The molecule has 108 valence electrons. The number of phenolic OH excluding ortho intramolecular Hbond substituents is 1. The lowest BCUT2D eigenvalue weighted by Gasteiger charge is -2.22. The van der Waals surface area contributed by atoms with Crippen LogP contribution < -0.4 is 9.64 Å². The van der Waals surface area contributed by atoms with Crippen molar-refractivity contribution in [2.75, 3.05) is 25.6 Å². The van der Waals surface area contributed by atoms with Gasteiger partial charge in [0.2, 0.25) is 0 Å². The van der Waals surface area contributed by atoms with Gasteiger partial charge in [0.15, 0.2) is 0 Å². The summed E-state index contributed by atoms with van der Waals surface area (Å²) in [5.74, 6) is 0.968. The molecule has 0 aromatic heterocycles. The highest BCUT2D eigenvalue weighted by Crippen LogP contribution is 2.41. The Morgan fingerprint density at radius 2 is 1.81 bits per heavy atom. The van der Waals surface area contributed by atoms with E-state index in [9.17, 15) is 5.11 Å². The van der Waals surface area contributed by atoms with Crippen LogP contribution in [0.25, 0.3) is 5.57 Å². The Morgan fingerprint density at radius 3 is 2.48 bits per heavy atom. The molecule has 0 saturated heterocycles. The zero-order valence-electron chi connectivity index (χ0n) is 11.9. The summed E-state index contributed by atoms with van der Waals surface area (Å²) in [6.45, 7) is 0.543. The fourth-order valence-electron chi connectivity index (χ4n) is 2.43. The molecule has 3 rings (SSSR count). The topological polar surface area (TPSA) is 32.7 Å². The average molecular weight is 393 g/mol. The summed E-state index contributed by atoms with van der Waals surface area (Å²) in [4.78, 5) is 2.08. The van der Waals surface area contributed by atoms with Gasteiger partial charge in [0.1, 0.15) is 18.1 Å². The number of fused-ring (bicyclic) bond motifs is 1. The molecule has 0 spiro atoms. The van der Waals surface area contributed by atoms with Crippen LogP contribution in [0.2, 0.25) is 0 Å². The first kappa shape index (κ1) is 14.3. The van der Waals surface area contributed by atoms with Gasteiger partial charge in [-0.2, -0.15) is 0 Å². The van der Waals surface area contributed by atoms with Gasteiger partial charge in [-0.3, -0.25) is 0 Å². The van der Waals surface area contributed by atoms with Crippen molar-refractivity contribution in [2.24, 2.45) is 0 Å². The zero-order chi connectivity index (χ0) is 15.0. The van der Waals surface area contributed by atoms with Crippen LogP contribution in [0.5, 0.6) is 11.5 Å². The van der Waals surface area contributed by atoms with Crippen molar-refractivity contribution in [2.45, 2.75) is 0 Å². The van der Waals surface area contributed by atoms with E-state index in [0.29, 0.717) is 6.61 Å². The van der Waals surface area contributed by atoms with Crippen LogP contribution in [-0.4, -0.2) is 25.8 Å². The van der Waals surface area contributed by atoms with Crippen LogP contribution >= 0.6 is 22.6 Å². The molecule has 0 amide bonds. The first-order valence-corrected chi connectivity index (χ1v) is 7.77. The number of phenols is 1. The first-order valence-electron chi connectivity index (χ1n) is 6.69. The van der Waals surface area contributed by atoms with Gasteiger partial charge in [0, 0.05) is 40.6 Å². The van der Waals surface area contributed by atoms with Gasteiger partial charge in [0.25, 0.3) is 0 Å². The Bertz CT molecular complexity index is 705. The van der Waals surface area contributed by atoms with E-state index in [4.69, 9.17) is 4.74 Å². The number of ether oxygens (including phenoxy) is 1. The summed E-state index contributed by atoms with van der Waals surface area (Å²) in [5, 5.41) is 9.60. The maximum atomic E-state index is 9.60. The van der Waals surface area contributed by atoms with Gasteiger partial charge in [-0.1, -0.05) is 12.1 Å². The first-order chi connectivity index (χ1) is 10.1. The van der Waals surface area contributed by atoms with Crippen molar-refractivity contribution >= 4 is 33.9 Å². The number of benzene rings is 2. The Hall–Kier alpha value is -1.69. The third-order valence-corrected chi connectivity index (χ3v) is 4.38. The van der Waals surface area contributed by atoms with Crippen LogP contribution in [0.4, 0.5) is 5.69 Å². The number of anilines is 1. The van der Waals surface area contributed by atoms with Gasteiger partial charge in [-0.25, -0.2) is 0 Å². The number of nitrogens with zero attached hydrogens (tertiary/aromatic N) is 1. The molecule has 0 aliphatic carbocycles. The third-order valence-electron chi connectivity index (χ3n) is 3.53. The second kappa shape index (κ2) is 5.60. The lowest BCUT2D eigenvalue weighted by atomic mass is 9.95. The highest BCUT2D eigenvalue weighted by molar-refractivity contribution is 14.1. The van der Waals surface area contributed by atoms with Crippen LogP contribution in [0, 0.1) is 0 Å². The quantitative estimate of drug-likeness (QED) is 0.782. The minimum atomic E-state index is 0.230. The molecule has 1 aliphatic rings. The predicted molar refractivity (Wildman–Crippen MR) is 94.4 cm³/mol. The molecule has 2 aromatic rings. The fraction of sp³-hybridized carbons (Fsp3) is 0.176. The van der Waals surface area contributed by atoms with Crippen LogP contribution in [0.1, 0.15) is 11.1 Å². The summed E-state index contributed by atoms with van der Waals surface area (Å²) < 4.78 is 6.87. The number of aromatic hydroxyl groups is 1. The SMILES string of the molecule is CN(C)c1ccc(C2=C(I)COc3cc(O)ccc32)cc1. The van der Waals surface area contributed by atoms with E-state index in [1.807, 2.05) is 20.2 Å². The minimum absolute atomic E-state index is 0.230. The normalized spacial score (nSPS) is 13.7. The molecule has 1 aliphatic heterocycles. The molecular formula is C17H16INO2. The van der Waals surface area contributed by atoms with Crippen molar-refractivity contribution < 1.29 is 9.84 Å². The highest BCUT2D eigenvalue weighted by atomic mass is 127. The van der Waals surface area contributed by atoms with Crippen LogP contribution in [0.15, 0.2) is 46.0 Å². The Morgan fingerprint density at radius 1 is 1.10 bits per heavy atom. The van der Waals surface area contributed by atoms with E-state index in [-0.39, 0.29) is 5.75 Å².